The monoisotopic (exact) mass is 319 g/mol. The maximum Gasteiger partial charge on any atom is 0.248 e. The first kappa shape index (κ1) is 15.7. The SMILES string of the molecule is COc1ccc2cc(C(=O)Cc3ccccc3C(N)=O)ccc2c1. The highest BCUT2D eigenvalue weighted by molar-refractivity contribution is 6.03. The predicted octanol–water partition coefficient (Wildman–Crippen LogP) is 3.37. The molecule has 0 atom stereocenters. The molecule has 0 bridgehead atoms. The Hall–Kier alpha value is -3.14. The van der Waals surface area contributed by atoms with Crippen molar-refractivity contribution in [2.45, 2.75) is 6.42 Å². The molecule has 0 unspecified atom stereocenters. The first-order chi connectivity index (χ1) is 11.6. The van der Waals surface area contributed by atoms with Gasteiger partial charge in [0.2, 0.25) is 5.91 Å². The van der Waals surface area contributed by atoms with E-state index >= 15 is 0 Å². The number of carbonyl (C=O) groups excluding carboxylic acids is 2. The maximum absolute atomic E-state index is 12.6. The summed E-state index contributed by atoms with van der Waals surface area (Å²) in [5.41, 5.74) is 7.00. The summed E-state index contributed by atoms with van der Waals surface area (Å²) in [5.74, 6) is 0.197. The highest BCUT2D eigenvalue weighted by atomic mass is 16.5. The van der Waals surface area contributed by atoms with Crippen molar-refractivity contribution in [3.05, 3.63) is 77.4 Å². The highest BCUT2D eigenvalue weighted by Crippen LogP contribution is 2.23. The Balaban J connectivity index is 1.90. The van der Waals surface area contributed by atoms with Crippen molar-refractivity contribution < 1.29 is 14.3 Å². The molecule has 1 amide bonds. The highest BCUT2D eigenvalue weighted by Gasteiger charge is 2.13. The van der Waals surface area contributed by atoms with Gasteiger partial charge in [-0.15, -0.1) is 0 Å². The molecule has 0 saturated heterocycles. The number of benzene rings is 3. The molecule has 3 rings (SSSR count). The van der Waals surface area contributed by atoms with E-state index in [9.17, 15) is 9.59 Å². The van der Waals surface area contributed by atoms with Gasteiger partial charge < -0.3 is 10.5 Å². The standard InChI is InChI=1S/C20H17NO3/c1-24-17-9-8-13-10-16(7-6-14(13)11-17)19(22)12-15-4-2-3-5-18(15)20(21)23/h2-11H,12H2,1H3,(H2,21,23). The molecule has 120 valence electrons. The molecule has 0 aliphatic rings. The molecule has 0 heterocycles. The molecule has 0 spiro atoms. The molecule has 3 aromatic carbocycles. The van der Waals surface area contributed by atoms with Crippen molar-refractivity contribution in [1.29, 1.82) is 0 Å². The molecule has 0 aliphatic carbocycles. The van der Waals surface area contributed by atoms with Crippen LogP contribution in [-0.2, 0) is 6.42 Å². The number of hydrogen-bond donors (Lipinski definition) is 1. The molecular weight excluding hydrogens is 302 g/mol. The lowest BCUT2D eigenvalue weighted by Gasteiger charge is -2.08. The lowest BCUT2D eigenvalue weighted by molar-refractivity contribution is 0.0991. The summed E-state index contributed by atoms with van der Waals surface area (Å²) in [7, 11) is 1.62. The minimum absolute atomic E-state index is 0.0542. The number of ether oxygens (including phenoxy) is 1. The number of primary amides is 1. The van der Waals surface area contributed by atoms with Crippen molar-refractivity contribution in [3.8, 4) is 5.75 Å². The second kappa shape index (κ2) is 6.54. The molecule has 2 N–H and O–H groups in total. The minimum Gasteiger partial charge on any atom is -0.497 e. The number of rotatable bonds is 5. The Morgan fingerprint density at radius 3 is 2.42 bits per heavy atom. The van der Waals surface area contributed by atoms with E-state index in [0.717, 1.165) is 16.5 Å². The zero-order chi connectivity index (χ0) is 17.1. The number of fused-ring (bicyclic) bond motifs is 1. The second-order valence-corrected chi connectivity index (χ2v) is 5.55. The van der Waals surface area contributed by atoms with Crippen molar-refractivity contribution in [2.75, 3.05) is 7.11 Å². The molecule has 4 nitrogen and oxygen atoms in total. The zero-order valence-electron chi connectivity index (χ0n) is 13.3. The van der Waals surface area contributed by atoms with Crippen LogP contribution in [0.15, 0.2) is 60.7 Å². The minimum atomic E-state index is -0.524. The Bertz CT molecular complexity index is 931. The van der Waals surface area contributed by atoms with Gasteiger partial charge in [-0.3, -0.25) is 9.59 Å². The van der Waals surface area contributed by atoms with E-state index in [4.69, 9.17) is 10.5 Å². The average molecular weight is 319 g/mol. The third kappa shape index (κ3) is 3.13. The van der Waals surface area contributed by atoms with Crippen LogP contribution in [0.4, 0.5) is 0 Å². The third-order valence-corrected chi connectivity index (χ3v) is 4.00. The maximum atomic E-state index is 12.6. The van der Waals surface area contributed by atoms with Crippen molar-refractivity contribution in [2.24, 2.45) is 5.73 Å². The fourth-order valence-corrected chi connectivity index (χ4v) is 2.71. The van der Waals surface area contributed by atoms with Gasteiger partial charge in [-0.1, -0.05) is 36.4 Å². The van der Waals surface area contributed by atoms with E-state index in [1.165, 1.54) is 0 Å². The van der Waals surface area contributed by atoms with Crippen LogP contribution in [0.2, 0.25) is 0 Å². The lowest BCUT2D eigenvalue weighted by Crippen LogP contribution is -2.15. The number of hydrogen-bond acceptors (Lipinski definition) is 3. The molecule has 0 fully saturated rings. The first-order valence-corrected chi connectivity index (χ1v) is 7.57. The summed E-state index contributed by atoms with van der Waals surface area (Å²) in [6, 6.07) is 18.2. The number of methoxy groups -OCH3 is 1. The van der Waals surface area contributed by atoms with E-state index < -0.39 is 5.91 Å². The van der Waals surface area contributed by atoms with Gasteiger partial charge in [-0.05, 0) is 40.6 Å². The summed E-state index contributed by atoms with van der Waals surface area (Å²) >= 11 is 0. The molecule has 0 aromatic heterocycles. The van der Waals surface area contributed by atoms with Gasteiger partial charge in [-0.25, -0.2) is 0 Å². The second-order valence-electron chi connectivity index (χ2n) is 5.55. The van der Waals surface area contributed by atoms with Gasteiger partial charge in [0.05, 0.1) is 7.11 Å². The lowest BCUT2D eigenvalue weighted by atomic mass is 9.97. The third-order valence-electron chi connectivity index (χ3n) is 4.00. The van der Waals surface area contributed by atoms with Gasteiger partial charge in [0.25, 0.3) is 0 Å². The topological polar surface area (TPSA) is 69.4 Å². The summed E-state index contributed by atoms with van der Waals surface area (Å²) < 4.78 is 5.20. The van der Waals surface area contributed by atoms with Crippen molar-refractivity contribution in [3.63, 3.8) is 0 Å². The van der Waals surface area contributed by atoms with E-state index in [-0.39, 0.29) is 12.2 Å². The fraction of sp³-hybridized carbons (Fsp3) is 0.100. The smallest absolute Gasteiger partial charge is 0.248 e. The molecular formula is C20H17NO3. The Labute approximate surface area is 139 Å². The van der Waals surface area contributed by atoms with Crippen LogP contribution in [0.3, 0.4) is 0 Å². The van der Waals surface area contributed by atoms with Crippen molar-refractivity contribution in [1.82, 2.24) is 0 Å². The van der Waals surface area contributed by atoms with Crippen LogP contribution in [0.1, 0.15) is 26.3 Å². The number of carbonyl (C=O) groups is 2. The van der Waals surface area contributed by atoms with E-state index in [1.807, 2.05) is 30.3 Å². The molecule has 0 saturated carbocycles. The van der Waals surface area contributed by atoms with Gasteiger partial charge in [0, 0.05) is 17.5 Å². The van der Waals surface area contributed by atoms with Gasteiger partial charge in [0.15, 0.2) is 5.78 Å². The molecule has 4 heteroatoms. The van der Waals surface area contributed by atoms with Crippen LogP contribution in [0, 0.1) is 0 Å². The number of nitrogens with two attached hydrogens (primary N) is 1. The number of amides is 1. The Morgan fingerprint density at radius 1 is 0.958 bits per heavy atom. The van der Waals surface area contributed by atoms with E-state index in [1.54, 1.807) is 37.4 Å². The summed E-state index contributed by atoms with van der Waals surface area (Å²) in [4.78, 5) is 24.1. The van der Waals surface area contributed by atoms with Crippen LogP contribution < -0.4 is 10.5 Å². The van der Waals surface area contributed by atoms with Crippen LogP contribution in [0.5, 0.6) is 5.75 Å². The van der Waals surface area contributed by atoms with Crippen LogP contribution in [-0.4, -0.2) is 18.8 Å². The Morgan fingerprint density at radius 2 is 1.67 bits per heavy atom. The van der Waals surface area contributed by atoms with Gasteiger partial charge >= 0.3 is 0 Å². The first-order valence-electron chi connectivity index (χ1n) is 7.57. The largest absolute Gasteiger partial charge is 0.497 e. The van der Waals surface area contributed by atoms with Crippen LogP contribution >= 0.6 is 0 Å². The molecule has 3 aromatic rings. The quantitative estimate of drug-likeness (QED) is 0.733. The summed E-state index contributed by atoms with van der Waals surface area (Å²) in [5, 5.41) is 1.97. The number of Topliss-reactive ketones (excluding diaryl/α,β-unsaturated/α-hetero) is 1. The summed E-state index contributed by atoms with van der Waals surface area (Å²) in [6.45, 7) is 0. The Kier molecular flexibility index (Phi) is 4.29. The van der Waals surface area contributed by atoms with E-state index in [2.05, 4.69) is 0 Å². The van der Waals surface area contributed by atoms with Gasteiger partial charge in [-0.2, -0.15) is 0 Å². The normalized spacial score (nSPS) is 10.5. The molecule has 0 radical (unpaired) electrons. The molecule has 0 aliphatic heterocycles. The summed E-state index contributed by atoms with van der Waals surface area (Å²) in [6.07, 6.45) is 0.140. The molecule has 24 heavy (non-hydrogen) atoms. The van der Waals surface area contributed by atoms with Crippen molar-refractivity contribution >= 4 is 22.5 Å². The van der Waals surface area contributed by atoms with Crippen LogP contribution in [0.25, 0.3) is 10.8 Å². The average Bonchev–Trinajstić information content (AvgIpc) is 2.61. The van der Waals surface area contributed by atoms with Gasteiger partial charge in [0.1, 0.15) is 5.75 Å². The predicted molar refractivity (Wildman–Crippen MR) is 93.5 cm³/mol. The van der Waals surface area contributed by atoms with E-state index in [0.29, 0.717) is 16.7 Å². The zero-order valence-corrected chi connectivity index (χ0v) is 13.3. The fourth-order valence-electron chi connectivity index (χ4n) is 2.71. The number of ketones is 1.